The number of nitriles is 1. The maximum absolute atomic E-state index is 13.3. The van der Waals surface area contributed by atoms with Crippen molar-refractivity contribution >= 4 is 17.6 Å². The van der Waals surface area contributed by atoms with Gasteiger partial charge in [0.05, 0.1) is 29.7 Å². The van der Waals surface area contributed by atoms with Crippen molar-refractivity contribution in [2.75, 3.05) is 13.2 Å². The van der Waals surface area contributed by atoms with Crippen LogP contribution >= 0.6 is 7.60 Å². The standard InChI is InChI=1S/C18H21N2O5PS/c1-3-24-26(21,25-4-2)18(16-10-6-5-7-11-16)20-27(22,23)17-12-8-9-15(13-17)14-19/h5-13,18,20H,3-4H2,1-2H3. The molecule has 0 aliphatic rings. The van der Waals surface area contributed by atoms with Gasteiger partial charge in [-0.3, -0.25) is 4.57 Å². The summed E-state index contributed by atoms with van der Waals surface area (Å²) in [4.78, 5) is -0.109. The average molecular weight is 408 g/mol. The van der Waals surface area contributed by atoms with E-state index in [1.54, 1.807) is 44.2 Å². The molecule has 0 radical (unpaired) electrons. The summed E-state index contributed by atoms with van der Waals surface area (Å²) in [6, 6.07) is 15.9. The summed E-state index contributed by atoms with van der Waals surface area (Å²) >= 11 is 0. The quantitative estimate of drug-likeness (QED) is 0.633. The summed E-state index contributed by atoms with van der Waals surface area (Å²) in [6.45, 7) is 3.48. The monoisotopic (exact) mass is 408 g/mol. The zero-order valence-electron chi connectivity index (χ0n) is 15.0. The number of sulfonamides is 1. The van der Waals surface area contributed by atoms with E-state index in [1.165, 1.54) is 24.3 Å². The second kappa shape index (κ2) is 9.27. The van der Waals surface area contributed by atoms with Gasteiger partial charge in [-0.1, -0.05) is 36.4 Å². The summed E-state index contributed by atoms with van der Waals surface area (Å²) < 4.78 is 52.3. The van der Waals surface area contributed by atoms with Crippen LogP contribution in [0.25, 0.3) is 0 Å². The van der Waals surface area contributed by atoms with Crippen molar-refractivity contribution in [1.82, 2.24) is 4.72 Å². The fourth-order valence-electron chi connectivity index (χ4n) is 2.44. The van der Waals surface area contributed by atoms with Gasteiger partial charge in [0, 0.05) is 0 Å². The predicted octanol–water partition coefficient (Wildman–Crippen LogP) is 3.80. The number of nitrogens with one attached hydrogen (secondary N) is 1. The normalized spacial score (nSPS) is 13.1. The van der Waals surface area contributed by atoms with Gasteiger partial charge in [-0.25, -0.2) is 8.42 Å². The highest BCUT2D eigenvalue weighted by Crippen LogP contribution is 2.59. The molecule has 0 heterocycles. The van der Waals surface area contributed by atoms with Crippen molar-refractivity contribution in [3.8, 4) is 6.07 Å². The van der Waals surface area contributed by atoms with E-state index < -0.39 is 23.4 Å². The fraction of sp³-hybridized carbons (Fsp3) is 0.278. The van der Waals surface area contributed by atoms with Crippen LogP contribution in [0.15, 0.2) is 59.5 Å². The Morgan fingerprint density at radius 3 is 2.26 bits per heavy atom. The molecule has 1 atom stereocenters. The van der Waals surface area contributed by atoms with Gasteiger partial charge in [0.25, 0.3) is 0 Å². The first kappa shape index (κ1) is 21.3. The molecule has 0 saturated carbocycles. The smallest absolute Gasteiger partial charge is 0.308 e. The van der Waals surface area contributed by atoms with E-state index in [1.807, 2.05) is 6.07 Å². The largest absolute Gasteiger partial charge is 0.352 e. The third-order valence-electron chi connectivity index (χ3n) is 3.59. The van der Waals surface area contributed by atoms with Crippen LogP contribution in [0.5, 0.6) is 0 Å². The topological polar surface area (TPSA) is 105 Å². The number of hydrogen-bond acceptors (Lipinski definition) is 6. The van der Waals surface area contributed by atoms with Gasteiger partial charge in [-0.2, -0.15) is 9.98 Å². The van der Waals surface area contributed by atoms with Gasteiger partial charge in [0.2, 0.25) is 10.0 Å². The molecule has 0 aliphatic carbocycles. The van der Waals surface area contributed by atoms with Crippen molar-refractivity contribution in [1.29, 1.82) is 5.26 Å². The Kier molecular flexibility index (Phi) is 7.31. The summed E-state index contributed by atoms with van der Waals surface area (Å²) in [5.74, 6) is -1.23. The average Bonchev–Trinajstić information content (AvgIpc) is 2.67. The molecule has 144 valence electrons. The summed E-state index contributed by atoms with van der Waals surface area (Å²) in [5.41, 5.74) is 0.648. The first-order valence-corrected chi connectivity index (χ1v) is 11.4. The second-order valence-electron chi connectivity index (χ2n) is 5.45. The molecule has 2 aromatic carbocycles. The molecule has 0 aliphatic heterocycles. The Hall–Kier alpha value is -2.01. The molecule has 0 aromatic heterocycles. The van der Waals surface area contributed by atoms with Gasteiger partial charge < -0.3 is 9.05 Å². The molecule has 9 heteroatoms. The molecular weight excluding hydrogens is 387 g/mol. The first-order valence-electron chi connectivity index (χ1n) is 8.32. The van der Waals surface area contributed by atoms with E-state index in [0.29, 0.717) is 5.56 Å². The minimum absolute atomic E-state index is 0.0895. The molecule has 0 amide bonds. The van der Waals surface area contributed by atoms with Gasteiger partial charge in [0.15, 0.2) is 0 Å². The van der Waals surface area contributed by atoms with Crippen LogP contribution < -0.4 is 4.72 Å². The molecule has 0 fully saturated rings. The SMILES string of the molecule is CCOP(=O)(OCC)C(NS(=O)(=O)c1cccc(C#N)c1)c1ccccc1. The molecule has 27 heavy (non-hydrogen) atoms. The molecular formula is C18H21N2O5PS. The van der Waals surface area contributed by atoms with Gasteiger partial charge in [-0.05, 0) is 37.6 Å². The Morgan fingerprint density at radius 1 is 1.07 bits per heavy atom. The highest BCUT2D eigenvalue weighted by molar-refractivity contribution is 7.89. The minimum Gasteiger partial charge on any atom is -0.308 e. The number of rotatable bonds is 9. The molecule has 1 unspecified atom stereocenters. The molecule has 2 rings (SSSR count). The number of nitrogens with zero attached hydrogens (tertiary/aromatic N) is 1. The van der Waals surface area contributed by atoms with Crippen LogP contribution in [0.3, 0.4) is 0 Å². The Labute approximate surface area is 159 Å². The van der Waals surface area contributed by atoms with Crippen molar-refractivity contribution in [3.63, 3.8) is 0 Å². The first-order chi connectivity index (χ1) is 12.9. The van der Waals surface area contributed by atoms with Crippen molar-refractivity contribution < 1.29 is 22.0 Å². The zero-order valence-corrected chi connectivity index (χ0v) is 16.7. The fourth-order valence-corrected chi connectivity index (χ4v) is 6.11. The Balaban J connectivity index is 2.51. The Morgan fingerprint density at radius 2 is 1.70 bits per heavy atom. The lowest BCUT2D eigenvalue weighted by molar-refractivity contribution is 0.210. The lowest BCUT2D eigenvalue weighted by Crippen LogP contribution is -2.30. The lowest BCUT2D eigenvalue weighted by atomic mass is 10.2. The lowest BCUT2D eigenvalue weighted by Gasteiger charge is -2.27. The molecule has 7 nitrogen and oxygen atoms in total. The second-order valence-corrected chi connectivity index (χ2v) is 9.28. The van der Waals surface area contributed by atoms with E-state index in [4.69, 9.17) is 14.3 Å². The van der Waals surface area contributed by atoms with E-state index in [2.05, 4.69) is 4.72 Å². The van der Waals surface area contributed by atoms with Gasteiger partial charge in [0.1, 0.15) is 5.78 Å². The zero-order chi connectivity index (χ0) is 19.9. The van der Waals surface area contributed by atoms with Crippen LogP contribution in [0.4, 0.5) is 0 Å². The summed E-state index contributed by atoms with van der Waals surface area (Å²) in [7, 11) is -7.94. The number of benzene rings is 2. The molecule has 0 saturated heterocycles. The van der Waals surface area contributed by atoms with Crippen LogP contribution in [0, 0.1) is 11.3 Å². The van der Waals surface area contributed by atoms with E-state index in [-0.39, 0.29) is 23.7 Å². The van der Waals surface area contributed by atoms with E-state index >= 15 is 0 Å². The van der Waals surface area contributed by atoms with Crippen LogP contribution in [0.2, 0.25) is 0 Å². The highest BCUT2D eigenvalue weighted by atomic mass is 32.2. The molecule has 1 N–H and O–H groups in total. The van der Waals surface area contributed by atoms with Crippen molar-refractivity contribution in [3.05, 3.63) is 65.7 Å². The van der Waals surface area contributed by atoms with Gasteiger partial charge in [-0.15, -0.1) is 0 Å². The van der Waals surface area contributed by atoms with Crippen molar-refractivity contribution in [2.45, 2.75) is 24.5 Å². The van der Waals surface area contributed by atoms with Crippen LogP contribution in [-0.2, 0) is 23.6 Å². The third-order valence-corrected chi connectivity index (χ3v) is 7.48. The van der Waals surface area contributed by atoms with E-state index in [9.17, 15) is 13.0 Å². The van der Waals surface area contributed by atoms with Crippen LogP contribution in [0.1, 0.15) is 30.8 Å². The van der Waals surface area contributed by atoms with Gasteiger partial charge >= 0.3 is 7.60 Å². The Bertz CT molecular complexity index is 947. The molecule has 2 aromatic rings. The van der Waals surface area contributed by atoms with Crippen molar-refractivity contribution in [2.24, 2.45) is 0 Å². The maximum Gasteiger partial charge on any atom is 0.352 e. The summed E-state index contributed by atoms with van der Waals surface area (Å²) in [5, 5.41) is 9.01. The maximum atomic E-state index is 13.3. The van der Waals surface area contributed by atoms with Crippen LogP contribution in [-0.4, -0.2) is 21.6 Å². The van der Waals surface area contributed by atoms with E-state index in [0.717, 1.165) is 0 Å². The molecule has 0 bridgehead atoms. The highest BCUT2D eigenvalue weighted by Gasteiger charge is 2.40. The number of hydrogen-bond donors (Lipinski definition) is 1. The summed E-state index contributed by atoms with van der Waals surface area (Å²) in [6.07, 6.45) is 0. The third kappa shape index (κ3) is 5.25. The minimum atomic E-state index is -4.09. The molecule has 0 spiro atoms. The predicted molar refractivity (Wildman–Crippen MR) is 102 cm³/mol.